The van der Waals surface area contributed by atoms with Gasteiger partial charge in [-0.1, -0.05) is 37.3 Å². The molecule has 1 aromatic heterocycles. The minimum absolute atomic E-state index is 0.156. The largest absolute Gasteiger partial charge is 0.336 e. The van der Waals surface area contributed by atoms with Crippen molar-refractivity contribution in [3.8, 4) is 0 Å². The van der Waals surface area contributed by atoms with Crippen LogP contribution in [0.15, 0.2) is 43.0 Å². The van der Waals surface area contributed by atoms with Crippen LogP contribution in [0, 0.1) is 0 Å². The molecule has 0 saturated carbocycles. The molecule has 112 valence electrons. The summed E-state index contributed by atoms with van der Waals surface area (Å²) >= 11 is 0. The van der Waals surface area contributed by atoms with E-state index in [1.54, 1.807) is 11.0 Å². The highest BCUT2D eigenvalue weighted by atomic mass is 16.2. The van der Waals surface area contributed by atoms with E-state index in [1.165, 1.54) is 6.33 Å². The van der Waals surface area contributed by atoms with Gasteiger partial charge in [-0.15, -0.1) is 0 Å². The van der Waals surface area contributed by atoms with Gasteiger partial charge in [0.05, 0.1) is 6.54 Å². The highest BCUT2D eigenvalue weighted by Gasteiger charge is 2.19. The molecule has 1 atom stereocenters. The fourth-order valence-corrected chi connectivity index (χ4v) is 2.19. The number of aromatic nitrogens is 3. The third-order valence-electron chi connectivity index (χ3n) is 3.66. The maximum atomic E-state index is 12.5. The Balaban J connectivity index is 1.99. The molecule has 2 rings (SSSR count). The summed E-state index contributed by atoms with van der Waals surface area (Å²) in [7, 11) is 0. The zero-order chi connectivity index (χ0) is 15.1. The first-order chi connectivity index (χ1) is 10.2. The van der Waals surface area contributed by atoms with Gasteiger partial charge < -0.3 is 4.90 Å². The third kappa shape index (κ3) is 4.41. The van der Waals surface area contributed by atoms with Gasteiger partial charge in [-0.3, -0.25) is 9.48 Å². The molecule has 5 heteroatoms. The molecule has 0 fully saturated rings. The molecular formula is C16H22N4O. The van der Waals surface area contributed by atoms with Crippen LogP contribution in [0.1, 0.15) is 32.3 Å². The number of benzene rings is 1. The normalized spacial score (nSPS) is 12.1. The van der Waals surface area contributed by atoms with Crippen LogP contribution in [0.5, 0.6) is 0 Å². The summed E-state index contributed by atoms with van der Waals surface area (Å²) in [5.74, 6) is 0.156. The molecule has 0 aliphatic carbocycles. The Bertz CT molecular complexity index is 539. The quantitative estimate of drug-likeness (QED) is 0.785. The molecule has 5 nitrogen and oxygen atoms in total. The molecule has 1 aromatic carbocycles. The molecular weight excluding hydrogens is 264 g/mol. The smallest absolute Gasteiger partial charge is 0.224 e. The molecule has 0 saturated heterocycles. The van der Waals surface area contributed by atoms with Crippen molar-refractivity contribution >= 4 is 5.91 Å². The standard InChI is InChI=1S/C16H22N4O/c1-3-14(2)20(11-15-7-5-4-6-8-15)16(21)9-10-19-13-17-12-18-19/h4-8,12-14H,3,9-11H2,1-2H3. The van der Waals surface area contributed by atoms with Gasteiger partial charge in [0.25, 0.3) is 0 Å². The summed E-state index contributed by atoms with van der Waals surface area (Å²) < 4.78 is 1.69. The first-order valence-corrected chi connectivity index (χ1v) is 7.36. The van der Waals surface area contributed by atoms with Crippen molar-refractivity contribution in [1.29, 1.82) is 0 Å². The molecule has 21 heavy (non-hydrogen) atoms. The van der Waals surface area contributed by atoms with Crippen molar-refractivity contribution in [3.63, 3.8) is 0 Å². The second-order valence-electron chi connectivity index (χ2n) is 5.17. The van der Waals surface area contributed by atoms with E-state index < -0.39 is 0 Å². The van der Waals surface area contributed by atoms with E-state index in [1.807, 2.05) is 23.1 Å². The molecule has 1 amide bonds. The van der Waals surface area contributed by atoms with Crippen LogP contribution >= 0.6 is 0 Å². The van der Waals surface area contributed by atoms with E-state index in [2.05, 4.69) is 36.1 Å². The summed E-state index contributed by atoms with van der Waals surface area (Å²) in [6.07, 6.45) is 4.52. The van der Waals surface area contributed by atoms with Crippen molar-refractivity contribution in [2.24, 2.45) is 0 Å². The second-order valence-corrected chi connectivity index (χ2v) is 5.17. The SMILES string of the molecule is CCC(C)N(Cc1ccccc1)C(=O)CCn1cncn1. The van der Waals surface area contributed by atoms with E-state index in [-0.39, 0.29) is 11.9 Å². The zero-order valence-electron chi connectivity index (χ0n) is 12.6. The first kappa shape index (κ1) is 15.2. The number of carbonyl (C=O) groups excluding carboxylic acids is 1. The van der Waals surface area contributed by atoms with Crippen LogP contribution in [0.2, 0.25) is 0 Å². The molecule has 0 spiro atoms. The molecule has 2 aromatic rings. The number of aryl methyl sites for hydroxylation is 1. The minimum Gasteiger partial charge on any atom is -0.336 e. The molecule has 0 N–H and O–H groups in total. The van der Waals surface area contributed by atoms with Gasteiger partial charge in [0.15, 0.2) is 0 Å². The Labute approximate surface area is 125 Å². The van der Waals surface area contributed by atoms with E-state index in [9.17, 15) is 4.79 Å². The molecule has 0 radical (unpaired) electrons. The van der Waals surface area contributed by atoms with Gasteiger partial charge in [0.1, 0.15) is 12.7 Å². The number of amides is 1. The fraction of sp³-hybridized carbons (Fsp3) is 0.438. The van der Waals surface area contributed by atoms with Crippen molar-refractivity contribution in [1.82, 2.24) is 19.7 Å². The lowest BCUT2D eigenvalue weighted by molar-refractivity contribution is -0.134. The average Bonchev–Trinajstić information content (AvgIpc) is 3.04. The van der Waals surface area contributed by atoms with Crippen LogP contribution < -0.4 is 0 Å². The topological polar surface area (TPSA) is 51.0 Å². The van der Waals surface area contributed by atoms with Crippen LogP contribution in [0.4, 0.5) is 0 Å². The monoisotopic (exact) mass is 286 g/mol. The van der Waals surface area contributed by atoms with Crippen molar-refractivity contribution in [3.05, 3.63) is 48.5 Å². The predicted octanol–water partition coefficient (Wildman–Crippen LogP) is 2.50. The van der Waals surface area contributed by atoms with E-state index in [0.29, 0.717) is 19.5 Å². The number of nitrogens with zero attached hydrogens (tertiary/aromatic N) is 4. The van der Waals surface area contributed by atoms with E-state index in [4.69, 9.17) is 0 Å². The van der Waals surface area contributed by atoms with Crippen molar-refractivity contribution in [2.45, 2.75) is 45.8 Å². The molecule has 0 bridgehead atoms. The van der Waals surface area contributed by atoms with Gasteiger partial charge in [0, 0.05) is 19.0 Å². The average molecular weight is 286 g/mol. The Morgan fingerprint density at radius 1 is 1.33 bits per heavy atom. The maximum Gasteiger partial charge on any atom is 0.224 e. The van der Waals surface area contributed by atoms with Crippen molar-refractivity contribution < 1.29 is 4.79 Å². The number of rotatable bonds is 7. The van der Waals surface area contributed by atoms with Crippen LogP contribution in [0.3, 0.4) is 0 Å². The van der Waals surface area contributed by atoms with Crippen LogP contribution in [0.25, 0.3) is 0 Å². The zero-order valence-corrected chi connectivity index (χ0v) is 12.6. The summed E-state index contributed by atoms with van der Waals surface area (Å²) in [5.41, 5.74) is 1.16. The van der Waals surface area contributed by atoms with E-state index >= 15 is 0 Å². The minimum atomic E-state index is 0.156. The lowest BCUT2D eigenvalue weighted by atomic mass is 10.1. The predicted molar refractivity (Wildman–Crippen MR) is 81.4 cm³/mol. The maximum absolute atomic E-state index is 12.5. The van der Waals surface area contributed by atoms with Crippen molar-refractivity contribution in [2.75, 3.05) is 0 Å². The summed E-state index contributed by atoms with van der Waals surface area (Å²) in [4.78, 5) is 18.3. The summed E-state index contributed by atoms with van der Waals surface area (Å²) in [5, 5.41) is 4.03. The fourth-order valence-electron chi connectivity index (χ4n) is 2.19. The molecule has 1 unspecified atom stereocenters. The lowest BCUT2D eigenvalue weighted by Crippen LogP contribution is -2.38. The van der Waals surface area contributed by atoms with Crippen LogP contribution in [-0.4, -0.2) is 31.6 Å². The Morgan fingerprint density at radius 3 is 2.71 bits per heavy atom. The van der Waals surface area contributed by atoms with Gasteiger partial charge in [-0.25, -0.2) is 4.98 Å². The summed E-state index contributed by atoms with van der Waals surface area (Å²) in [6, 6.07) is 10.3. The van der Waals surface area contributed by atoms with Gasteiger partial charge >= 0.3 is 0 Å². The van der Waals surface area contributed by atoms with Gasteiger partial charge in [-0.2, -0.15) is 5.10 Å². The number of hydrogen-bond donors (Lipinski definition) is 0. The highest BCUT2D eigenvalue weighted by Crippen LogP contribution is 2.12. The Morgan fingerprint density at radius 2 is 2.10 bits per heavy atom. The molecule has 0 aliphatic heterocycles. The van der Waals surface area contributed by atoms with E-state index in [0.717, 1.165) is 12.0 Å². The summed E-state index contributed by atoms with van der Waals surface area (Å²) in [6.45, 7) is 5.43. The van der Waals surface area contributed by atoms with Gasteiger partial charge in [-0.05, 0) is 18.9 Å². The lowest BCUT2D eigenvalue weighted by Gasteiger charge is -2.29. The Hall–Kier alpha value is -2.17. The second kappa shape index (κ2) is 7.57. The molecule has 1 heterocycles. The van der Waals surface area contributed by atoms with Gasteiger partial charge in [0.2, 0.25) is 5.91 Å². The first-order valence-electron chi connectivity index (χ1n) is 7.36. The number of carbonyl (C=O) groups is 1. The Kier molecular flexibility index (Phi) is 5.49. The third-order valence-corrected chi connectivity index (χ3v) is 3.66. The number of hydrogen-bond acceptors (Lipinski definition) is 3. The van der Waals surface area contributed by atoms with Crippen LogP contribution in [-0.2, 0) is 17.9 Å². The molecule has 0 aliphatic rings. The highest BCUT2D eigenvalue weighted by molar-refractivity contribution is 5.76.